The Kier molecular flexibility index (Phi) is 4.82. The van der Waals surface area contributed by atoms with E-state index in [0.717, 1.165) is 19.5 Å². The van der Waals surface area contributed by atoms with Gasteiger partial charge in [0.2, 0.25) is 10.0 Å². The van der Waals surface area contributed by atoms with Crippen LogP contribution < -0.4 is 10.5 Å². The molecule has 2 atom stereocenters. The van der Waals surface area contributed by atoms with Crippen LogP contribution >= 0.6 is 11.6 Å². The van der Waals surface area contributed by atoms with Crippen LogP contribution in [0.3, 0.4) is 0 Å². The molecule has 0 bridgehead atoms. The average molecular weight is 332 g/mol. The molecule has 0 aliphatic carbocycles. The van der Waals surface area contributed by atoms with Crippen LogP contribution in [0.4, 0.5) is 5.69 Å². The van der Waals surface area contributed by atoms with Crippen LogP contribution in [0.2, 0.25) is 5.02 Å². The Morgan fingerprint density at radius 2 is 2.10 bits per heavy atom. The Hall–Kier alpha value is -0.820. The zero-order chi connectivity index (χ0) is 15.8. The maximum absolute atomic E-state index is 12.6. The van der Waals surface area contributed by atoms with Crippen molar-refractivity contribution >= 4 is 27.3 Å². The molecule has 1 saturated heterocycles. The molecule has 1 aliphatic heterocycles. The number of nitrogens with zero attached hydrogens (tertiary/aromatic N) is 1. The second kappa shape index (κ2) is 6.12. The lowest BCUT2D eigenvalue weighted by Gasteiger charge is -2.35. The maximum atomic E-state index is 12.6. The Labute approximate surface area is 131 Å². The highest BCUT2D eigenvalue weighted by Crippen LogP contribution is 2.27. The summed E-state index contributed by atoms with van der Waals surface area (Å²) in [5, 5.41) is 0.329. The van der Waals surface area contributed by atoms with Crippen molar-refractivity contribution in [1.29, 1.82) is 0 Å². The molecular formula is C14H22ClN3O2S. The van der Waals surface area contributed by atoms with Crippen molar-refractivity contribution in [2.24, 2.45) is 5.92 Å². The number of piperidine rings is 1. The summed E-state index contributed by atoms with van der Waals surface area (Å²) in [5.74, 6) is 0.260. The zero-order valence-corrected chi connectivity index (χ0v) is 14.1. The highest BCUT2D eigenvalue weighted by atomic mass is 35.5. The van der Waals surface area contributed by atoms with Gasteiger partial charge in [-0.15, -0.1) is 0 Å². The van der Waals surface area contributed by atoms with Gasteiger partial charge in [-0.25, -0.2) is 13.1 Å². The van der Waals surface area contributed by atoms with E-state index in [1.807, 2.05) is 7.05 Å². The summed E-state index contributed by atoms with van der Waals surface area (Å²) in [6, 6.07) is 2.95. The van der Waals surface area contributed by atoms with E-state index in [1.165, 1.54) is 6.07 Å². The first-order chi connectivity index (χ1) is 9.70. The minimum atomic E-state index is -3.62. The fourth-order valence-electron chi connectivity index (χ4n) is 2.75. The number of halogens is 1. The van der Waals surface area contributed by atoms with Crippen molar-refractivity contribution < 1.29 is 8.42 Å². The molecule has 0 aromatic heterocycles. The molecule has 0 amide bonds. The largest absolute Gasteiger partial charge is 0.398 e. The first-order valence-corrected chi connectivity index (χ1v) is 8.83. The normalized spacial score (nSPS) is 24.2. The predicted molar refractivity (Wildman–Crippen MR) is 86.0 cm³/mol. The van der Waals surface area contributed by atoms with E-state index >= 15 is 0 Å². The highest BCUT2D eigenvalue weighted by Gasteiger charge is 2.29. The molecule has 118 valence electrons. The lowest BCUT2D eigenvalue weighted by atomic mass is 9.95. The van der Waals surface area contributed by atoms with E-state index in [1.54, 1.807) is 13.0 Å². The molecule has 1 aliphatic rings. The minimum Gasteiger partial charge on any atom is -0.398 e. The smallest absolute Gasteiger partial charge is 0.241 e. The standard InChI is InChI=1S/C14H22ClN3O2S/c1-9-8-18(3)5-4-13(9)17-21(19,20)14-7-11(15)6-12(16)10(14)2/h6-7,9,13,17H,4-5,8,16H2,1-3H3. The van der Waals surface area contributed by atoms with Gasteiger partial charge in [-0.1, -0.05) is 18.5 Å². The number of hydrogen-bond acceptors (Lipinski definition) is 4. The maximum Gasteiger partial charge on any atom is 0.241 e. The molecule has 1 aromatic carbocycles. The second-order valence-electron chi connectivity index (χ2n) is 5.87. The molecule has 2 rings (SSSR count). The van der Waals surface area contributed by atoms with E-state index in [0.29, 0.717) is 16.3 Å². The van der Waals surface area contributed by atoms with Gasteiger partial charge in [0.15, 0.2) is 0 Å². The van der Waals surface area contributed by atoms with Gasteiger partial charge < -0.3 is 10.6 Å². The molecule has 21 heavy (non-hydrogen) atoms. The summed E-state index contributed by atoms with van der Waals surface area (Å²) >= 11 is 5.94. The molecule has 1 heterocycles. The zero-order valence-electron chi connectivity index (χ0n) is 12.6. The lowest BCUT2D eigenvalue weighted by molar-refractivity contribution is 0.188. The molecule has 7 heteroatoms. The van der Waals surface area contributed by atoms with Gasteiger partial charge in [-0.05, 0) is 50.6 Å². The summed E-state index contributed by atoms with van der Waals surface area (Å²) in [4.78, 5) is 2.37. The number of nitrogens with one attached hydrogen (secondary N) is 1. The van der Waals surface area contributed by atoms with Crippen LogP contribution in [0.1, 0.15) is 18.9 Å². The third kappa shape index (κ3) is 3.69. The van der Waals surface area contributed by atoms with E-state index < -0.39 is 10.0 Å². The SMILES string of the molecule is Cc1c(N)cc(Cl)cc1S(=O)(=O)NC1CCN(C)CC1C. The number of likely N-dealkylation sites (tertiary alicyclic amines) is 1. The van der Waals surface area contributed by atoms with Crippen molar-refractivity contribution in [1.82, 2.24) is 9.62 Å². The van der Waals surface area contributed by atoms with Crippen LogP contribution in [0.15, 0.2) is 17.0 Å². The number of benzene rings is 1. The summed E-state index contributed by atoms with van der Waals surface area (Å²) < 4.78 is 28.0. The molecule has 1 fully saturated rings. The Morgan fingerprint density at radius 1 is 1.43 bits per heavy atom. The molecular weight excluding hydrogens is 310 g/mol. The Morgan fingerprint density at radius 3 is 2.71 bits per heavy atom. The van der Waals surface area contributed by atoms with Crippen LogP contribution in [-0.4, -0.2) is 39.5 Å². The third-order valence-corrected chi connectivity index (χ3v) is 5.90. The summed E-state index contributed by atoms with van der Waals surface area (Å²) in [5.41, 5.74) is 6.74. The topological polar surface area (TPSA) is 75.4 Å². The Bertz CT molecular complexity index is 633. The molecule has 2 unspecified atom stereocenters. The highest BCUT2D eigenvalue weighted by molar-refractivity contribution is 7.89. The number of rotatable bonds is 3. The fraction of sp³-hybridized carbons (Fsp3) is 0.571. The van der Waals surface area contributed by atoms with Gasteiger partial charge in [0, 0.05) is 23.3 Å². The van der Waals surface area contributed by atoms with Crippen molar-refractivity contribution in [3.8, 4) is 0 Å². The molecule has 3 N–H and O–H groups in total. The van der Waals surface area contributed by atoms with E-state index in [2.05, 4.69) is 16.5 Å². The van der Waals surface area contributed by atoms with Gasteiger partial charge in [-0.2, -0.15) is 0 Å². The van der Waals surface area contributed by atoms with Crippen LogP contribution in [0.5, 0.6) is 0 Å². The Balaban J connectivity index is 2.27. The molecule has 0 spiro atoms. The van der Waals surface area contributed by atoms with Gasteiger partial charge in [-0.3, -0.25) is 0 Å². The molecule has 0 saturated carbocycles. The third-order valence-electron chi connectivity index (χ3n) is 4.07. The van der Waals surface area contributed by atoms with Gasteiger partial charge in [0.1, 0.15) is 0 Å². The van der Waals surface area contributed by atoms with E-state index in [4.69, 9.17) is 17.3 Å². The summed E-state index contributed by atoms with van der Waals surface area (Å²) in [7, 11) is -1.57. The van der Waals surface area contributed by atoms with Gasteiger partial charge >= 0.3 is 0 Å². The van der Waals surface area contributed by atoms with E-state index in [-0.39, 0.29) is 16.9 Å². The molecule has 0 radical (unpaired) electrons. The molecule has 1 aromatic rings. The monoisotopic (exact) mass is 331 g/mol. The van der Waals surface area contributed by atoms with Crippen molar-refractivity contribution in [2.75, 3.05) is 25.9 Å². The summed E-state index contributed by atoms with van der Waals surface area (Å²) in [6.07, 6.45) is 0.798. The summed E-state index contributed by atoms with van der Waals surface area (Å²) in [6.45, 7) is 5.51. The molecule has 5 nitrogen and oxygen atoms in total. The van der Waals surface area contributed by atoms with Crippen molar-refractivity contribution in [3.63, 3.8) is 0 Å². The van der Waals surface area contributed by atoms with Crippen molar-refractivity contribution in [2.45, 2.75) is 31.2 Å². The van der Waals surface area contributed by atoms with Crippen LogP contribution in [0, 0.1) is 12.8 Å². The first kappa shape index (κ1) is 16.5. The van der Waals surface area contributed by atoms with Crippen molar-refractivity contribution in [3.05, 3.63) is 22.7 Å². The predicted octanol–water partition coefficient (Wildman–Crippen LogP) is 1.85. The van der Waals surface area contributed by atoms with E-state index in [9.17, 15) is 8.42 Å². The first-order valence-electron chi connectivity index (χ1n) is 6.97. The number of nitrogen functional groups attached to an aromatic ring is 1. The second-order valence-corrected chi connectivity index (χ2v) is 7.99. The number of nitrogens with two attached hydrogens (primary N) is 1. The minimum absolute atomic E-state index is 0.0641. The number of sulfonamides is 1. The fourth-order valence-corrected chi connectivity index (χ4v) is 4.72. The number of hydrogen-bond donors (Lipinski definition) is 2. The number of anilines is 1. The average Bonchev–Trinajstić information content (AvgIpc) is 2.37. The quantitative estimate of drug-likeness (QED) is 0.829. The van der Waals surface area contributed by atoms with Crippen LogP contribution in [-0.2, 0) is 10.0 Å². The van der Waals surface area contributed by atoms with Gasteiger partial charge in [0.05, 0.1) is 4.90 Å². The van der Waals surface area contributed by atoms with Crippen LogP contribution in [0.25, 0.3) is 0 Å². The van der Waals surface area contributed by atoms with Gasteiger partial charge in [0.25, 0.3) is 0 Å². The lowest BCUT2D eigenvalue weighted by Crippen LogP contribution is -2.48.